The summed E-state index contributed by atoms with van der Waals surface area (Å²) in [7, 11) is 0. The molecule has 3 heteroatoms. The minimum Gasteiger partial charge on any atom is -0.339 e. The molecule has 0 spiro atoms. The van der Waals surface area contributed by atoms with Gasteiger partial charge in [-0.2, -0.15) is 0 Å². The number of carbonyl (C=O) groups is 1. The van der Waals surface area contributed by atoms with E-state index in [9.17, 15) is 4.79 Å². The van der Waals surface area contributed by atoms with Crippen LogP contribution in [-0.4, -0.2) is 36.5 Å². The Hall–Kier alpha value is -0.570. The summed E-state index contributed by atoms with van der Waals surface area (Å²) in [6, 6.07) is 0.571. The SMILES string of the molecule is CC(C)CN(C(=O)CC1CCCNC1)C1CC1. The molecule has 1 saturated heterocycles. The standard InChI is InChI=1S/C14H26N2O/c1-11(2)10-16(13-5-6-13)14(17)8-12-4-3-7-15-9-12/h11-13,15H,3-10H2,1-2H3. The average Bonchev–Trinajstić information content (AvgIpc) is 3.10. The molecule has 2 fully saturated rings. The van der Waals surface area contributed by atoms with Gasteiger partial charge in [-0.15, -0.1) is 0 Å². The van der Waals surface area contributed by atoms with Gasteiger partial charge in [0, 0.05) is 19.0 Å². The minimum atomic E-state index is 0.398. The first-order chi connectivity index (χ1) is 8.16. The lowest BCUT2D eigenvalue weighted by molar-refractivity contribution is -0.133. The Bertz CT molecular complexity index is 255. The van der Waals surface area contributed by atoms with Crippen molar-refractivity contribution in [1.29, 1.82) is 0 Å². The summed E-state index contributed by atoms with van der Waals surface area (Å²) >= 11 is 0. The normalized spacial score (nSPS) is 25.0. The van der Waals surface area contributed by atoms with Crippen molar-refractivity contribution >= 4 is 5.91 Å². The predicted octanol–water partition coefficient (Wildman–Crippen LogP) is 2.02. The Balaban J connectivity index is 1.82. The summed E-state index contributed by atoms with van der Waals surface area (Å²) < 4.78 is 0. The number of amides is 1. The second-order valence-electron chi connectivity index (χ2n) is 6.09. The van der Waals surface area contributed by atoms with Gasteiger partial charge >= 0.3 is 0 Å². The van der Waals surface area contributed by atoms with Crippen molar-refractivity contribution in [1.82, 2.24) is 10.2 Å². The van der Waals surface area contributed by atoms with Crippen molar-refractivity contribution in [2.45, 2.75) is 52.0 Å². The predicted molar refractivity (Wildman–Crippen MR) is 69.8 cm³/mol. The van der Waals surface area contributed by atoms with Crippen LogP contribution in [0.2, 0.25) is 0 Å². The van der Waals surface area contributed by atoms with Crippen LogP contribution in [0, 0.1) is 11.8 Å². The molecule has 1 atom stereocenters. The largest absolute Gasteiger partial charge is 0.339 e. The molecule has 1 aliphatic heterocycles. The van der Waals surface area contributed by atoms with E-state index in [2.05, 4.69) is 24.1 Å². The summed E-state index contributed by atoms with van der Waals surface area (Å²) in [6.07, 6.45) is 5.66. The monoisotopic (exact) mass is 238 g/mol. The van der Waals surface area contributed by atoms with Crippen molar-refractivity contribution < 1.29 is 4.79 Å². The molecule has 0 aromatic rings. The van der Waals surface area contributed by atoms with Gasteiger partial charge in [-0.1, -0.05) is 13.8 Å². The van der Waals surface area contributed by atoms with Crippen LogP contribution >= 0.6 is 0 Å². The smallest absolute Gasteiger partial charge is 0.223 e. The summed E-state index contributed by atoms with van der Waals surface area (Å²) in [5, 5.41) is 3.39. The Morgan fingerprint density at radius 2 is 2.12 bits per heavy atom. The zero-order valence-corrected chi connectivity index (χ0v) is 11.2. The van der Waals surface area contributed by atoms with Crippen LogP contribution < -0.4 is 5.32 Å². The maximum absolute atomic E-state index is 12.3. The molecule has 3 nitrogen and oxygen atoms in total. The maximum Gasteiger partial charge on any atom is 0.223 e. The van der Waals surface area contributed by atoms with Gasteiger partial charge in [0.2, 0.25) is 5.91 Å². The Morgan fingerprint density at radius 3 is 2.65 bits per heavy atom. The Labute approximate surface area is 105 Å². The molecule has 1 heterocycles. The number of hydrogen-bond acceptors (Lipinski definition) is 2. The van der Waals surface area contributed by atoms with E-state index in [1.807, 2.05) is 0 Å². The number of rotatable bonds is 5. The molecule has 1 amide bonds. The first-order valence-corrected chi connectivity index (χ1v) is 7.17. The zero-order chi connectivity index (χ0) is 12.3. The molecular formula is C14H26N2O. The van der Waals surface area contributed by atoms with Crippen LogP contribution in [0.5, 0.6) is 0 Å². The van der Waals surface area contributed by atoms with Crippen LogP contribution in [0.15, 0.2) is 0 Å². The average molecular weight is 238 g/mol. The lowest BCUT2D eigenvalue weighted by Gasteiger charge is -2.28. The number of piperidine rings is 1. The van der Waals surface area contributed by atoms with E-state index in [-0.39, 0.29) is 0 Å². The van der Waals surface area contributed by atoms with E-state index < -0.39 is 0 Å². The Kier molecular flexibility index (Phi) is 4.43. The first-order valence-electron chi connectivity index (χ1n) is 7.17. The van der Waals surface area contributed by atoms with Crippen molar-refractivity contribution in [2.24, 2.45) is 11.8 Å². The number of nitrogens with one attached hydrogen (secondary N) is 1. The number of carbonyl (C=O) groups excluding carboxylic acids is 1. The molecule has 0 bridgehead atoms. The van der Waals surface area contributed by atoms with Gasteiger partial charge in [0.05, 0.1) is 0 Å². The summed E-state index contributed by atoms with van der Waals surface area (Å²) in [6.45, 7) is 7.51. The molecule has 0 radical (unpaired) electrons. The van der Waals surface area contributed by atoms with Gasteiger partial charge in [-0.05, 0) is 50.6 Å². The first kappa shape index (κ1) is 12.9. The zero-order valence-electron chi connectivity index (χ0n) is 11.2. The van der Waals surface area contributed by atoms with Crippen molar-refractivity contribution in [3.05, 3.63) is 0 Å². The molecular weight excluding hydrogens is 212 g/mol. The molecule has 1 aliphatic carbocycles. The van der Waals surface area contributed by atoms with Crippen molar-refractivity contribution in [3.63, 3.8) is 0 Å². The maximum atomic E-state index is 12.3. The van der Waals surface area contributed by atoms with Crippen molar-refractivity contribution in [2.75, 3.05) is 19.6 Å². The molecule has 1 unspecified atom stereocenters. The quantitative estimate of drug-likeness (QED) is 0.795. The van der Waals surface area contributed by atoms with E-state index in [4.69, 9.17) is 0 Å². The second kappa shape index (κ2) is 5.85. The second-order valence-corrected chi connectivity index (χ2v) is 6.09. The summed E-state index contributed by atoms with van der Waals surface area (Å²) in [5.74, 6) is 1.56. The van der Waals surface area contributed by atoms with Crippen LogP contribution in [-0.2, 0) is 4.79 Å². The summed E-state index contributed by atoms with van der Waals surface area (Å²) in [5.41, 5.74) is 0. The molecule has 98 valence electrons. The van der Waals surface area contributed by atoms with Gasteiger partial charge in [0.25, 0.3) is 0 Å². The topological polar surface area (TPSA) is 32.3 Å². The highest BCUT2D eigenvalue weighted by Gasteiger charge is 2.33. The molecule has 0 aromatic heterocycles. The molecule has 1 saturated carbocycles. The van der Waals surface area contributed by atoms with E-state index in [0.717, 1.165) is 26.1 Å². The fraction of sp³-hybridized carbons (Fsp3) is 0.929. The van der Waals surface area contributed by atoms with Crippen LogP contribution in [0.25, 0.3) is 0 Å². The number of hydrogen-bond donors (Lipinski definition) is 1. The third-order valence-corrected chi connectivity index (χ3v) is 3.73. The fourth-order valence-corrected chi connectivity index (χ4v) is 2.70. The van der Waals surface area contributed by atoms with Gasteiger partial charge in [-0.25, -0.2) is 0 Å². The molecule has 0 aromatic carbocycles. The lowest BCUT2D eigenvalue weighted by Crippen LogP contribution is -2.39. The van der Waals surface area contributed by atoms with E-state index >= 15 is 0 Å². The van der Waals surface area contributed by atoms with E-state index in [1.54, 1.807) is 0 Å². The lowest BCUT2D eigenvalue weighted by atomic mass is 9.95. The van der Waals surface area contributed by atoms with Gasteiger partial charge in [0.1, 0.15) is 0 Å². The van der Waals surface area contributed by atoms with E-state index in [0.29, 0.717) is 23.8 Å². The third kappa shape index (κ3) is 3.98. The number of nitrogens with zero attached hydrogens (tertiary/aromatic N) is 1. The van der Waals surface area contributed by atoms with Crippen LogP contribution in [0.1, 0.15) is 46.0 Å². The summed E-state index contributed by atoms with van der Waals surface area (Å²) in [4.78, 5) is 14.5. The highest BCUT2D eigenvalue weighted by Crippen LogP contribution is 2.29. The highest BCUT2D eigenvalue weighted by atomic mass is 16.2. The Morgan fingerprint density at radius 1 is 1.35 bits per heavy atom. The van der Waals surface area contributed by atoms with Gasteiger partial charge in [0.15, 0.2) is 0 Å². The molecule has 2 aliphatic rings. The third-order valence-electron chi connectivity index (χ3n) is 3.73. The molecule has 2 rings (SSSR count). The molecule has 1 N–H and O–H groups in total. The van der Waals surface area contributed by atoms with Gasteiger partial charge < -0.3 is 10.2 Å². The van der Waals surface area contributed by atoms with Gasteiger partial charge in [-0.3, -0.25) is 4.79 Å². The van der Waals surface area contributed by atoms with Crippen LogP contribution in [0.4, 0.5) is 0 Å². The van der Waals surface area contributed by atoms with E-state index in [1.165, 1.54) is 25.7 Å². The fourth-order valence-electron chi connectivity index (χ4n) is 2.70. The van der Waals surface area contributed by atoms with Crippen LogP contribution in [0.3, 0.4) is 0 Å². The van der Waals surface area contributed by atoms with Crippen molar-refractivity contribution in [3.8, 4) is 0 Å². The highest BCUT2D eigenvalue weighted by molar-refractivity contribution is 5.77. The molecule has 17 heavy (non-hydrogen) atoms. The minimum absolute atomic E-state index is 0.398.